The minimum absolute atomic E-state index is 0.242. The number of hydrazine groups is 1. The number of ether oxygens (including phenoxy) is 1. The van der Waals surface area contributed by atoms with Gasteiger partial charge in [0.25, 0.3) is 0 Å². The van der Waals surface area contributed by atoms with E-state index in [4.69, 9.17) is 10.6 Å². The lowest BCUT2D eigenvalue weighted by molar-refractivity contribution is 0.00854. The third-order valence-electron chi connectivity index (χ3n) is 5.17. The summed E-state index contributed by atoms with van der Waals surface area (Å²) in [6.07, 6.45) is 10.4. The van der Waals surface area contributed by atoms with Crippen molar-refractivity contribution in [2.45, 2.75) is 69.4 Å². The van der Waals surface area contributed by atoms with Crippen molar-refractivity contribution in [3.8, 4) is 0 Å². The highest BCUT2D eigenvalue weighted by atomic mass is 16.5. The predicted molar refractivity (Wildman–Crippen MR) is 85.9 cm³/mol. The van der Waals surface area contributed by atoms with E-state index in [0.717, 1.165) is 25.4 Å². The van der Waals surface area contributed by atoms with Crippen molar-refractivity contribution in [2.24, 2.45) is 5.84 Å². The molecule has 1 aromatic rings. The van der Waals surface area contributed by atoms with Gasteiger partial charge in [-0.15, -0.1) is 0 Å². The Bertz CT molecular complexity index is 421. The normalized spacial score (nSPS) is 24.5. The Labute approximate surface area is 128 Å². The summed E-state index contributed by atoms with van der Waals surface area (Å²) in [6, 6.07) is 9.33. The zero-order valence-corrected chi connectivity index (χ0v) is 12.9. The number of hydrogen-bond donors (Lipinski definition) is 2. The first kappa shape index (κ1) is 15.0. The maximum Gasteiger partial charge on any atom is 0.0575 e. The Balaban J connectivity index is 1.54. The van der Waals surface area contributed by atoms with E-state index in [-0.39, 0.29) is 6.04 Å². The first-order valence-electron chi connectivity index (χ1n) is 8.54. The van der Waals surface area contributed by atoms with E-state index in [1.807, 2.05) is 0 Å². The molecule has 2 fully saturated rings. The van der Waals surface area contributed by atoms with Gasteiger partial charge in [-0.05, 0) is 62.0 Å². The van der Waals surface area contributed by atoms with E-state index in [1.54, 1.807) is 0 Å². The van der Waals surface area contributed by atoms with Crippen LogP contribution in [0.4, 0.5) is 0 Å². The molecule has 116 valence electrons. The van der Waals surface area contributed by atoms with E-state index < -0.39 is 0 Å². The van der Waals surface area contributed by atoms with Gasteiger partial charge >= 0.3 is 0 Å². The largest absolute Gasteiger partial charge is 0.378 e. The third-order valence-corrected chi connectivity index (χ3v) is 5.17. The minimum atomic E-state index is 0.242. The number of nitrogens with two attached hydrogens (primary N) is 1. The summed E-state index contributed by atoms with van der Waals surface area (Å²) < 4.78 is 5.81. The second-order valence-corrected chi connectivity index (χ2v) is 6.58. The average Bonchev–Trinajstić information content (AvgIpc) is 2.49. The molecule has 2 unspecified atom stereocenters. The number of hydrogen-bond acceptors (Lipinski definition) is 3. The average molecular weight is 288 g/mol. The predicted octanol–water partition coefficient (Wildman–Crippen LogP) is 3.81. The summed E-state index contributed by atoms with van der Waals surface area (Å²) in [6.45, 7) is 0.932. The van der Waals surface area contributed by atoms with Crippen molar-refractivity contribution in [2.75, 3.05) is 6.61 Å². The molecule has 3 nitrogen and oxygen atoms in total. The highest BCUT2D eigenvalue weighted by Gasteiger charge is 2.20. The molecule has 0 amide bonds. The molecule has 1 saturated heterocycles. The molecular formula is C18H28N2O. The molecular weight excluding hydrogens is 260 g/mol. The molecule has 3 N–H and O–H groups in total. The first-order valence-corrected chi connectivity index (χ1v) is 8.54. The molecule has 0 aromatic heterocycles. The molecule has 0 bridgehead atoms. The zero-order chi connectivity index (χ0) is 14.5. The van der Waals surface area contributed by atoms with Crippen molar-refractivity contribution in [1.29, 1.82) is 0 Å². The fourth-order valence-corrected chi connectivity index (χ4v) is 3.48. The monoisotopic (exact) mass is 288 g/mol. The van der Waals surface area contributed by atoms with Gasteiger partial charge in [0.05, 0.1) is 6.10 Å². The van der Waals surface area contributed by atoms with E-state index in [9.17, 15) is 0 Å². The van der Waals surface area contributed by atoms with E-state index >= 15 is 0 Å². The van der Waals surface area contributed by atoms with Gasteiger partial charge in [-0.2, -0.15) is 0 Å². The fourth-order valence-electron chi connectivity index (χ4n) is 3.48. The summed E-state index contributed by atoms with van der Waals surface area (Å²) in [5.74, 6) is 6.57. The van der Waals surface area contributed by atoms with Gasteiger partial charge in [0.15, 0.2) is 0 Å². The van der Waals surface area contributed by atoms with Gasteiger partial charge in [0.1, 0.15) is 0 Å². The van der Waals surface area contributed by atoms with E-state index in [1.165, 1.54) is 49.7 Å². The highest BCUT2D eigenvalue weighted by molar-refractivity contribution is 5.28. The molecule has 3 rings (SSSR count). The van der Waals surface area contributed by atoms with Crippen LogP contribution >= 0.6 is 0 Å². The maximum atomic E-state index is 5.81. The van der Waals surface area contributed by atoms with Crippen molar-refractivity contribution >= 4 is 0 Å². The third kappa shape index (κ3) is 3.85. The van der Waals surface area contributed by atoms with Gasteiger partial charge < -0.3 is 4.74 Å². The lowest BCUT2D eigenvalue weighted by Gasteiger charge is -2.27. The molecule has 3 heteroatoms. The van der Waals surface area contributed by atoms with Crippen molar-refractivity contribution in [1.82, 2.24) is 5.43 Å². The van der Waals surface area contributed by atoms with Crippen LogP contribution in [0.5, 0.6) is 0 Å². The molecule has 2 atom stereocenters. The summed E-state index contributed by atoms with van der Waals surface area (Å²) >= 11 is 0. The van der Waals surface area contributed by atoms with Crippen LogP contribution in [-0.2, 0) is 4.74 Å². The summed E-state index contributed by atoms with van der Waals surface area (Å²) in [7, 11) is 0. The molecule has 0 radical (unpaired) electrons. The van der Waals surface area contributed by atoms with Crippen LogP contribution < -0.4 is 11.3 Å². The van der Waals surface area contributed by atoms with Gasteiger partial charge in [0, 0.05) is 12.6 Å². The molecule has 21 heavy (non-hydrogen) atoms. The van der Waals surface area contributed by atoms with Crippen LogP contribution in [0.25, 0.3) is 0 Å². The van der Waals surface area contributed by atoms with Crippen LogP contribution in [0.2, 0.25) is 0 Å². The lowest BCUT2D eigenvalue weighted by atomic mass is 9.80. The second-order valence-electron chi connectivity index (χ2n) is 6.58. The second kappa shape index (κ2) is 7.39. The van der Waals surface area contributed by atoms with Crippen molar-refractivity contribution in [3.63, 3.8) is 0 Å². The summed E-state index contributed by atoms with van der Waals surface area (Å²) in [5.41, 5.74) is 5.78. The van der Waals surface area contributed by atoms with Crippen LogP contribution in [0.3, 0.4) is 0 Å². The first-order chi connectivity index (χ1) is 10.4. The SMILES string of the molecule is NNC(CCC1CCCCO1)c1ccc(C2CCC2)cc1. The Kier molecular flexibility index (Phi) is 5.28. The molecule has 1 saturated carbocycles. The number of rotatable bonds is 6. The Hall–Kier alpha value is -0.900. The zero-order valence-electron chi connectivity index (χ0n) is 12.9. The Morgan fingerprint density at radius 1 is 1.10 bits per heavy atom. The smallest absolute Gasteiger partial charge is 0.0575 e. The van der Waals surface area contributed by atoms with Crippen LogP contribution in [0.15, 0.2) is 24.3 Å². The van der Waals surface area contributed by atoms with Crippen LogP contribution in [-0.4, -0.2) is 12.7 Å². The quantitative estimate of drug-likeness (QED) is 0.618. The Morgan fingerprint density at radius 3 is 2.48 bits per heavy atom. The molecule has 1 aromatic carbocycles. The fraction of sp³-hybridized carbons (Fsp3) is 0.667. The highest BCUT2D eigenvalue weighted by Crippen LogP contribution is 2.36. The summed E-state index contributed by atoms with van der Waals surface area (Å²) in [5, 5.41) is 0. The van der Waals surface area contributed by atoms with E-state index in [2.05, 4.69) is 29.7 Å². The van der Waals surface area contributed by atoms with Gasteiger partial charge in [-0.3, -0.25) is 11.3 Å². The van der Waals surface area contributed by atoms with Gasteiger partial charge in [0.2, 0.25) is 0 Å². The van der Waals surface area contributed by atoms with Crippen LogP contribution in [0, 0.1) is 0 Å². The number of benzene rings is 1. The lowest BCUT2D eigenvalue weighted by Crippen LogP contribution is -2.29. The molecule has 0 spiro atoms. The van der Waals surface area contributed by atoms with Gasteiger partial charge in [-0.1, -0.05) is 30.7 Å². The molecule has 1 aliphatic carbocycles. The number of nitrogens with one attached hydrogen (secondary N) is 1. The molecule has 2 aliphatic rings. The van der Waals surface area contributed by atoms with Crippen molar-refractivity contribution in [3.05, 3.63) is 35.4 Å². The molecule has 1 heterocycles. The van der Waals surface area contributed by atoms with Crippen molar-refractivity contribution < 1.29 is 4.74 Å². The van der Waals surface area contributed by atoms with E-state index in [0.29, 0.717) is 6.10 Å². The standard InChI is InChI=1S/C18H28N2O/c19-20-18(12-11-17-6-1-2-13-21-17)16-9-7-15(8-10-16)14-4-3-5-14/h7-10,14,17-18,20H,1-6,11-13,19H2. The maximum absolute atomic E-state index is 5.81. The Morgan fingerprint density at radius 2 is 1.90 bits per heavy atom. The summed E-state index contributed by atoms with van der Waals surface area (Å²) in [4.78, 5) is 0. The van der Waals surface area contributed by atoms with Crippen LogP contribution in [0.1, 0.15) is 74.5 Å². The topological polar surface area (TPSA) is 47.3 Å². The molecule has 1 aliphatic heterocycles. The minimum Gasteiger partial charge on any atom is -0.378 e. The van der Waals surface area contributed by atoms with Gasteiger partial charge in [-0.25, -0.2) is 0 Å².